The molecule has 0 atom stereocenters. The topological polar surface area (TPSA) is 55.4 Å². The van der Waals surface area contributed by atoms with Gasteiger partial charge < -0.3 is 28.4 Å². The zero-order valence-corrected chi connectivity index (χ0v) is 14.9. The molecule has 0 N–H and O–H groups in total. The van der Waals surface area contributed by atoms with Crippen molar-refractivity contribution in [2.75, 3.05) is 61.0 Å². The monoisotopic (exact) mass is 332 g/mol. The Morgan fingerprint density at radius 2 is 0.864 bits per heavy atom. The molecule has 128 valence electrons. The minimum Gasteiger partial charge on any atom is -0.500 e. The van der Waals surface area contributed by atoms with E-state index in [1.807, 2.05) is 17.1 Å². The van der Waals surface area contributed by atoms with Crippen LogP contribution >= 0.6 is 0 Å². The van der Waals surface area contributed by atoms with Crippen LogP contribution in [-0.4, -0.2) is 69.8 Å². The van der Waals surface area contributed by atoms with Crippen LogP contribution in [0.3, 0.4) is 0 Å². The number of methoxy groups -OCH3 is 3. The maximum atomic E-state index is 5.33. The molecule has 0 fully saturated rings. The largest absolute Gasteiger partial charge is 0.500 e. The smallest absolute Gasteiger partial charge is 0.120 e. The quantitative estimate of drug-likeness (QED) is 0.256. The predicted octanol–water partition coefficient (Wildman–Crippen LogP) is 1.36. The zero-order chi connectivity index (χ0) is 16.3. The van der Waals surface area contributed by atoms with Crippen LogP contribution in [0.25, 0.3) is 0 Å². The van der Waals surface area contributed by atoms with E-state index in [-0.39, 0.29) is 0 Å². The number of rotatable bonds is 15. The first-order valence-corrected chi connectivity index (χ1v) is 9.16. The fourth-order valence-corrected chi connectivity index (χ4v) is 2.49. The Balaban J connectivity index is 4.17. The molecule has 7 heteroatoms. The molecule has 6 nitrogen and oxygen atoms in total. The predicted molar refractivity (Wildman–Crippen MR) is 88.1 cm³/mol. The average Bonchev–Trinajstić information content (AvgIpc) is 2.53. The van der Waals surface area contributed by atoms with Crippen molar-refractivity contribution in [2.24, 2.45) is 0 Å². The minimum atomic E-state index is -1.43. The molecule has 0 heterocycles. The van der Waals surface area contributed by atoms with E-state index in [0.717, 1.165) is 0 Å². The van der Waals surface area contributed by atoms with Gasteiger partial charge in [-0.15, -0.1) is 0 Å². The van der Waals surface area contributed by atoms with Gasteiger partial charge in [0.05, 0.1) is 38.6 Å². The normalized spacial score (nSPS) is 13.2. The van der Waals surface area contributed by atoms with E-state index in [2.05, 4.69) is 0 Å². The summed E-state index contributed by atoms with van der Waals surface area (Å²) in [7, 11) is 3.50. The highest BCUT2D eigenvalue weighted by Gasteiger charge is 1.98. The molecule has 0 aliphatic rings. The minimum absolute atomic E-state index is 0.538. The van der Waals surface area contributed by atoms with Gasteiger partial charge in [0.25, 0.3) is 0 Å². The molecule has 0 aliphatic heterocycles. The van der Waals surface area contributed by atoms with E-state index in [1.54, 1.807) is 40.1 Å². The van der Waals surface area contributed by atoms with Crippen LogP contribution in [0.2, 0.25) is 0 Å². The summed E-state index contributed by atoms with van der Waals surface area (Å²) in [6.07, 6.45) is 5.11. The summed E-state index contributed by atoms with van der Waals surface area (Å²) in [6.45, 7) is 3.33. The van der Waals surface area contributed by atoms with Gasteiger partial charge >= 0.3 is 0 Å². The van der Waals surface area contributed by atoms with Gasteiger partial charge in [0.2, 0.25) is 0 Å². The van der Waals surface area contributed by atoms with E-state index >= 15 is 0 Å². The van der Waals surface area contributed by atoms with Crippen molar-refractivity contribution in [1.82, 2.24) is 0 Å². The molecule has 22 heavy (non-hydrogen) atoms. The third kappa shape index (κ3) is 15.1. The van der Waals surface area contributed by atoms with Crippen molar-refractivity contribution in [3.63, 3.8) is 0 Å². The summed E-state index contributed by atoms with van der Waals surface area (Å²) in [6, 6.07) is 0. The number of ether oxygens (including phenoxy) is 6. The lowest BCUT2D eigenvalue weighted by Gasteiger charge is -2.03. The van der Waals surface area contributed by atoms with Crippen LogP contribution in [0.5, 0.6) is 0 Å². The Labute approximate surface area is 134 Å². The highest BCUT2D eigenvalue weighted by Crippen LogP contribution is 1.95. The maximum absolute atomic E-state index is 5.33. The van der Waals surface area contributed by atoms with E-state index in [4.69, 9.17) is 28.4 Å². The first kappa shape index (κ1) is 20.7. The molecule has 0 rings (SSSR count). The Kier molecular flexibility index (Phi) is 16.7. The molecule has 0 aromatic heterocycles. The van der Waals surface area contributed by atoms with Gasteiger partial charge in [-0.05, 0) is 0 Å². The lowest BCUT2D eigenvalue weighted by Crippen LogP contribution is -2.05. The van der Waals surface area contributed by atoms with Gasteiger partial charge in [0.15, 0.2) is 0 Å². The Morgan fingerprint density at radius 3 is 1.14 bits per heavy atom. The highest BCUT2D eigenvalue weighted by molar-refractivity contribution is 6.74. The molecule has 0 saturated heterocycles. The molecule has 0 unspecified atom stereocenters. The first-order valence-electron chi connectivity index (χ1n) is 7.16. The summed E-state index contributed by atoms with van der Waals surface area (Å²) in [5.74, 6) is 0. The molecule has 0 spiro atoms. The van der Waals surface area contributed by atoms with Crippen molar-refractivity contribution in [3.8, 4) is 0 Å². The van der Waals surface area contributed by atoms with Gasteiger partial charge in [-0.3, -0.25) is 0 Å². The van der Waals surface area contributed by atoms with Gasteiger partial charge in [-0.2, -0.15) is 0 Å². The van der Waals surface area contributed by atoms with E-state index < -0.39 is 8.80 Å². The fraction of sp³-hybridized carbons (Fsp3) is 0.600. The summed E-state index contributed by atoms with van der Waals surface area (Å²) in [4.78, 5) is 0. The Morgan fingerprint density at radius 1 is 0.545 bits per heavy atom. The third-order valence-corrected chi connectivity index (χ3v) is 4.21. The number of hydrogen-bond donors (Lipinski definition) is 0. The summed E-state index contributed by atoms with van der Waals surface area (Å²) < 4.78 is 30.7. The second kappa shape index (κ2) is 17.8. The molecule has 0 bridgehead atoms. The van der Waals surface area contributed by atoms with Crippen LogP contribution < -0.4 is 0 Å². The molecule has 0 aromatic rings. The Bertz CT molecular complexity index is 259. The molecular formula is C15H28O6Si. The molecule has 0 aliphatic carbocycles. The molecule has 0 saturated carbocycles. The summed E-state index contributed by atoms with van der Waals surface area (Å²) in [5.41, 5.74) is 6.09. The Hall–Kier alpha value is -1.28. The van der Waals surface area contributed by atoms with Crippen molar-refractivity contribution in [3.05, 3.63) is 35.9 Å². The van der Waals surface area contributed by atoms with Crippen LogP contribution in [0.15, 0.2) is 35.9 Å². The molecule has 0 aromatic carbocycles. The maximum Gasteiger partial charge on any atom is 0.120 e. The van der Waals surface area contributed by atoms with Crippen molar-refractivity contribution >= 4 is 8.80 Å². The lowest BCUT2D eigenvalue weighted by molar-refractivity contribution is 0.123. The number of hydrogen-bond acceptors (Lipinski definition) is 6. The second-order valence-corrected chi connectivity index (χ2v) is 6.46. The van der Waals surface area contributed by atoms with Crippen LogP contribution in [-0.2, 0) is 28.4 Å². The second-order valence-electron chi connectivity index (χ2n) is 4.15. The third-order valence-electron chi connectivity index (χ3n) is 2.41. The van der Waals surface area contributed by atoms with Crippen molar-refractivity contribution in [1.29, 1.82) is 0 Å². The van der Waals surface area contributed by atoms with Gasteiger partial charge in [0, 0.05) is 21.3 Å². The van der Waals surface area contributed by atoms with Crippen LogP contribution in [0.1, 0.15) is 0 Å². The van der Waals surface area contributed by atoms with E-state index in [9.17, 15) is 0 Å². The van der Waals surface area contributed by atoms with E-state index in [0.29, 0.717) is 39.6 Å². The SMILES string of the molecule is COCCOC=C[SiH](C=COCCOC)C=COCCOC. The highest BCUT2D eigenvalue weighted by atomic mass is 28.3. The molecule has 0 amide bonds. The van der Waals surface area contributed by atoms with Gasteiger partial charge in [0.1, 0.15) is 28.6 Å². The lowest BCUT2D eigenvalue weighted by atomic mass is 10.8. The van der Waals surface area contributed by atoms with Crippen molar-refractivity contribution in [2.45, 2.75) is 0 Å². The van der Waals surface area contributed by atoms with E-state index in [1.165, 1.54) is 0 Å². The fourth-order valence-electron chi connectivity index (χ4n) is 1.23. The molecule has 0 radical (unpaired) electrons. The molecular weight excluding hydrogens is 304 g/mol. The summed E-state index contributed by atoms with van der Waals surface area (Å²) in [5, 5.41) is 0. The first-order chi connectivity index (χ1) is 10.8. The standard InChI is InChI=1S/C15H28O6Si/c1-16-4-7-19-10-13-22(14-11-20-8-5-17-2)15-12-21-9-6-18-3/h10-15,22H,4-9H2,1-3H3. The van der Waals surface area contributed by atoms with Crippen molar-refractivity contribution < 1.29 is 28.4 Å². The zero-order valence-electron chi connectivity index (χ0n) is 13.7. The van der Waals surface area contributed by atoms with Crippen LogP contribution in [0.4, 0.5) is 0 Å². The van der Waals surface area contributed by atoms with Gasteiger partial charge in [-0.25, -0.2) is 0 Å². The van der Waals surface area contributed by atoms with Crippen LogP contribution in [0, 0.1) is 0 Å². The van der Waals surface area contributed by atoms with Gasteiger partial charge in [-0.1, -0.05) is 17.1 Å². The summed E-state index contributed by atoms with van der Waals surface area (Å²) >= 11 is 0. The average molecular weight is 332 g/mol.